The maximum atomic E-state index is 12.4. The maximum Gasteiger partial charge on any atom is 0.337 e. The van der Waals surface area contributed by atoms with Gasteiger partial charge < -0.3 is 19.5 Å². The van der Waals surface area contributed by atoms with Crippen LogP contribution in [-0.2, 0) is 9.53 Å². The predicted molar refractivity (Wildman–Crippen MR) is 97.1 cm³/mol. The molecule has 2 aromatic rings. The molecule has 2 aliphatic heterocycles. The van der Waals surface area contributed by atoms with E-state index in [1.165, 1.54) is 0 Å². The number of nitrogens with one attached hydrogen (secondary N) is 1. The Kier molecular flexibility index (Phi) is 3.92. The number of fused-ring (bicyclic) bond motifs is 1. The Morgan fingerprint density at radius 2 is 1.92 bits per heavy atom. The molecule has 128 valence electrons. The van der Waals surface area contributed by atoms with E-state index in [0.717, 1.165) is 27.0 Å². The summed E-state index contributed by atoms with van der Waals surface area (Å²) >= 11 is 3.51. The van der Waals surface area contributed by atoms with E-state index in [-0.39, 0.29) is 18.5 Å². The first kappa shape index (κ1) is 16.0. The Bertz CT molecular complexity index is 906. The maximum absolute atomic E-state index is 12.4. The van der Waals surface area contributed by atoms with Gasteiger partial charge in [0, 0.05) is 22.1 Å². The van der Waals surface area contributed by atoms with Gasteiger partial charge >= 0.3 is 5.97 Å². The summed E-state index contributed by atoms with van der Waals surface area (Å²) in [5.74, 6) is 0.751. The lowest BCUT2D eigenvalue weighted by Crippen LogP contribution is -2.20. The summed E-state index contributed by atoms with van der Waals surface area (Å²) in [6.07, 6.45) is 0. The van der Waals surface area contributed by atoms with E-state index in [1.807, 2.05) is 36.4 Å². The topological polar surface area (TPSA) is 56.8 Å². The molecule has 5 nitrogen and oxygen atoms in total. The van der Waals surface area contributed by atoms with E-state index in [1.54, 1.807) is 14.2 Å². The third-order valence-corrected chi connectivity index (χ3v) is 5.01. The summed E-state index contributed by atoms with van der Waals surface area (Å²) in [5.41, 5.74) is 4.30. The summed E-state index contributed by atoms with van der Waals surface area (Å²) in [7, 11) is 3.20. The Balaban J connectivity index is 1.95. The number of hydrogen-bond acceptors (Lipinski definition) is 5. The van der Waals surface area contributed by atoms with E-state index in [4.69, 9.17) is 14.2 Å². The van der Waals surface area contributed by atoms with E-state index in [9.17, 15) is 4.79 Å². The van der Waals surface area contributed by atoms with Gasteiger partial charge in [0.25, 0.3) is 0 Å². The Hall–Kier alpha value is -2.47. The second kappa shape index (κ2) is 6.11. The van der Waals surface area contributed by atoms with Gasteiger partial charge in [0.1, 0.15) is 6.61 Å². The van der Waals surface area contributed by atoms with Gasteiger partial charge in [-0.3, -0.25) is 0 Å². The molecule has 25 heavy (non-hydrogen) atoms. The predicted octanol–water partition coefficient (Wildman–Crippen LogP) is 3.83. The molecule has 0 amide bonds. The van der Waals surface area contributed by atoms with Gasteiger partial charge in [-0.2, -0.15) is 0 Å². The van der Waals surface area contributed by atoms with Gasteiger partial charge in [-0.25, -0.2) is 4.79 Å². The zero-order valence-electron chi connectivity index (χ0n) is 13.8. The number of anilines is 1. The molecule has 0 fully saturated rings. The first-order valence-electron chi connectivity index (χ1n) is 7.81. The highest BCUT2D eigenvalue weighted by Crippen LogP contribution is 2.48. The number of carbonyl (C=O) groups is 1. The van der Waals surface area contributed by atoms with Crippen LogP contribution in [0.15, 0.2) is 52.1 Å². The molecule has 2 aliphatic rings. The molecule has 1 N–H and O–H groups in total. The second-order valence-corrected chi connectivity index (χ2v) is 6.79. The van der Waals surface area contributed by atoms with E-state index in [2.05, 4.69) is 21.2 Å². The Morgan fingerprint density at radius 1 is 1.16 bits per heavy atom. The van der Waals surface area contributed by atoms with Crippen molar-refractivity contribution in [2.45, 2.75) is 5.92 Å². The number of methoxy groups -OCH3 is 2. The first-order chi connectivity index (χ1) is 12.1. The van der Waals surface area contributed by atoms with Crippen molar-refractivity contribution >= 4 is 27.6 Å². The van der Waals surface area contributed by atoms with Crippen LogP contribution in [0.2, 0.25) is 0 Å². The van der Waals surface area contributed by atoms with Crippen molar-refractivity contribution in [1.82, 2.24) is 0 Å². The summed E-state index contributed by atoms with van der Waals surface area (Å²) in [4.78, 5) is 12.4. The van der Waals surface area contributed by atoms with Gasteiger partial charge in [0.15, 0.2) is 11.5 Å². The molecule has 2 aromatic carbocycles. The van der Waals surface area contributed by atoms with Gasteiger partial charge in [-0.15, -0.1) is 0 Å². The van der Waals surface area contributed by atoms with Gasteiger partial charge in [-0.05, 0) is 29.3 Å². The molecule has 0 aliphatic carbocycles. The van der Waals surface area contributed by atoms with Crippen LogP contribution in [0.1, 0.15) is 17.0 Å². The van der Waals surface area contributed by atoms with Gasteiger partial charge in [-0.1, -0.05) is 28.1 Å². The molecule has 4 rings (SSSR count). The minimum Gasteiger partial charge on any atom is -0.493 e. The number of esters is 1. The lowest BCUT2D eigenvalue weighted by molar-refractivity contribution is -0.136. The molecule has 1 unspecified atom stereocenters. The van der Waals surface area contributed by atoms with Crippen LogP contribution < -0.4 is 14.8 Å². The molecule has 0 spiro atoms. The first-order valence-corrected chi connectivity index (χ1v) is 8.60. The fraction of sp³-hybridized carbons (Fsp3) is 0.211. The fourth-order valence-corrected chi connectivity index (χ4v) is 3.82. The van der Waals surface area contributed by atoms with Crippen molar-refractivity contribution in [3.63, 3.8) is 0 Å². The fourth-order valence-electron chi connectivity index (χ4n) is 3.40. The summed E-state index contributed by atoms with van der Waals surface area (Å²) in [6.45, 7) is 0.256. The molecule has 0 radical (unpaired) electrons. The van der Waals surface area contributed by atoms with Crippen molar-refractivity contribution in [2.24, 2.45) is 0 Å². The normalized spacial score (nSPS) is 18.2. The van der Waals surface area contributed by atoms with Crippen LogP contribution in [0.4, 0.5) is 5.69 Å². The quantitative estimate of drug-likeness (QED) is 0.791. The van der Waals surface area contributed by atoms with Crippen LogP contribution in [-0.4, -0.2) is 26.8 Å². The molecule has 0 aromatic heterocycles. The molecule has 0 saturated carbocycles. The monoisotopic (exact) mass is 401 g/mol. The highest BCUT2D eigenvalue weighted by molar-refractivity contribution is 9.10. The van der Waals surface area contributed by atoms with E-state index >= 15 is 0 Å². The lowest BCUT2D eigenvalue weighted by atomic mass is 9.81. The summed E-state index contributed by atoms with van der Waals surface area (Å²) < 4.78 is 17.1. The third-order valence-electron chi connectivity index (χ3n) is 4.52. The molecule has 6 heteroatoms. The van der Waals surface area contributed by atoms with Gasteiger partial charge in [0.2, 0.25) is 0 Å². The largest absolute Gasteiger partial charge is 0.493 e. The highest BCUT2D eigenvalue weighted by atomic mass is 79.9. The van der Waals surface area contributed by atoms with Crippen molar-refractivity contribution in [3.8, 4) is 11.5 Å². The number of ether oxygens (including phenoxy) is 3. The van der Waals surface area contributed by atoms with Crippen LogP contribution in [0, 0.1) is 0 Å². The molecule has 0 saturated heterocycles. The number of rotatable bonds is 3. The molecule has 0 bridgehead atoms. The number of cyclic esters (lactones) is 1. The van der Waals surface area contributed by atoms with Gasteiger partial charge in [0.05, 0.1) is 25.5 Å². The van der Waals surface area contributed by atoms with E-state index in [0.29, 0.717) is 17.1 Å². The number of benzene rings is 2. The summed E-state index contributed by atoms with van der Waals surface area (Å²) in [5, 5.41) is 3.32. The number of hydrogen-bond donors (Lipinski definition) is 1. The summed E-state index contributed by atoms with van der Waals surface area (Å²) in [6, 6.07) is 11.8. The van der Waals surface area contributed by atoms with Crippen molar-refractivity contribution < 1.29 is 19.0 Å². The number of halogens is 1. The number of carbonyl (C=O) groups excluding carboxylic acids is 1. The van der Waals surface area contributed by atoms with Crippen molar-refractivity contribution in [3.05, 3.63) is 63.3 Å². The lowest BCUT2D eigenvalue weighted by Gasteiger charge is -2.28. The average Bonchev–Trinajstić information content (AvgIpc) is 2.99. The smallest absolute Gasteiger partial charge is 0.337 e. The standard InChI is InChI=1S/C19H16BrNO4/c1-23-15-7-12-13(8-16(15)24-2)21-14-9-25-19(22)18(14)17(12)10-4-3-5-11(20)6-10/h3-8,17,21H,9H2,1-2H3. The molecule has 1 atom stereocenters. The molecular formula is C19H16BrNO4. The minimum atomic E-state index is -0.284. The van der Waals surface area contributed by atoms with Crippen molar-refractivity contribution in [1.29, 1.82) is 0 Å². The zero-order valence-corrected chi connectivity index (χ0v) is 15.3. The second-order valence-electron chi connectivity index (χ2n) is 5.88. The third kappa shape index (κ3) is 2.57. The van der Waals surface area contributed by atoms with Crippen LogP contribution in [0.3, 0.4) is 0 Å². The van der Waals surface area contributed by atoms with Crippen LogP contribution in [0.25, 0.3) is 0 Å². The highest BCUT2D eigenvalue weighted by Gasteiger charge is 2.39. The Labute approximate surface area is 153 Å². The Morgan fingerprint density at radius 3 is 2.64 bits per heavy atom. The van der Waals surface area contributed by atoms with Crippen LogP contribution >= 0.6 is 15.9 Å². The molecule has 2 heterocycles. The van der Waals surface area contributed by atoms with E-state index < -0.39 is 0 Å². The zero-order chi connectivity index (χ0) is 17.6. The minimum absolute atomic E-state index is 0.224. The average molecular weight is 402 g/mol. The molecular weight excluding hydrogens is 386 g/mol. The SMILES string of the molecule is COc1cc2c(cc1OC)C(c1cccc(Br)c1)C1=C(COC1=O)N2. The van der Waals surface area contributed by atoms with Crippen molar-refractivity contribution in [2.75, 3.05) is 26.1 Å². The van der Waals surface area contributed by atoms with Crippen LogP contribution in [0.5, 0.6) is 11.5 Å².